The summed E-state index contributed by atoms with van der Waals surface area (Å²) in [5, 5.41) is 4.79. The second-order valence-electron chi connectivity index (χ2n) is 3.50. The number of hydrogen-bond acceptors (Lipinski definition) is 4. The van der Waals surface area contributed by atoms with E-state index < -0.39 is 10.3 Å². The van der Waals surface area contributed by atoms with Crippen LogP contribution in [0.5, 0.6) is 5.75 Å². The number of aromatic nitrogens is 2. The molecule has 0 radical (unpaired) electrons. The molecule has 1 aromatic carbocycles. The molecular weight excluding hydrogens is 242 g/mol. The van der Waals surface area contributed by atoms with E-state index >= 15 is 0 Å². The van der Waals surface area contributed by atoms with Crippen molar-refractivity contribution in [2.75, 3.05) is 0 Å². The molecule has 0 aliphatic rings. The van der Waals surface area contributed by atoms with E-state index in [2.05, 4.69) is 9.17 Å². The van der Waals surface area contributed by atoms with Gasteiger partial charge in [0.25, 0.3) is 0 Å². The van der Waals surface area contributed by atoms with Gasteiger partial charge < -0.3 is 8.75 Å². The van der Waals surface area contributed by atoms with E-state index in [1.165, 1.54) is 6.07 Å². The van der Waals surface area contributed by atoms with Crippen molar-refractivity contribution in [1.82, 2.24) is 9.55 Å². The van der Waals surface area contributed by atoms with Crippen LogP contribution >= 0.6 is 0 Å². The first kappa shape index (κ1) is 11.6. The fraction of sp³-hybridized carbons (Fsp3) is 0.100. The molecule has 2 N–H and O–H groups in total. The minimum Gasteiger partial charge on any atom is -0.371 e. The maximum Gasteiger partial charge on any atom is 0.380 e. The van der Waals surface area contributed by atoms with Crippen LogP contribution in [0.2, 0.25) is 0 Å². The lowest BCUT2D eigenvalue weighted by molar-refractivity contribution is 0.487. The molecule has 0 spiro atoms. The number of rotatable bonds is 3. The Kier molecular flexibility index (Phi) is 2.86. The van der Waals surface area contributed by atoms with Crippen molar-refractivity contribution >= 4 is 10.3 Å². The molecule has 1 aromatic heterocycles. The van der Waals surface area contributed by atoms with Gasteiger partial charge in [-0.2, -0.15) is 13.6 Å². The Morgan fingerprint density at radius 3 is 2.76 bits per heavy atom. The number of benzene rings is 1. The second kappa shape index (κ2) is 4.19. The third-order valence-corrected chi connectivity index (χ3v) is 2.46. The van der Waals surface area contributed by atoms with E-state index in [-0.39, 0.29) is 5.75 Å². The summed E-state index contributed by atoms with van der Waals surface area (Å²) in [6.45, 7) is 1.86. The fourth-order valence-corrected chi connectivity index (χ4v) is 1.76. The summed E-state index contributed by atoms with van der Waals surface area (Å²) < 4.78 is 27.9. The summed E-state index contributed by atoms with van der Waals surface area (Å²) >= 11 is 0. The zero-order valence-corrected chi connectivity index (χ0v) is 9.89. The molecule has 0 atom stereocenters. The highest BCUT2D eigenvalue weighted by atomic mass is 32.2. The quantitative estimate of drug-likeness (QED) is 0.874. The van der Waals surface area contributed by atoms with E-state index in [4.69, 9.17) is 5.14 Å². The van der Waals surface area contributed by atoms with E-state index in [1.54, 1.807) is 29.1 Å². The molecule has 0 saturated heterocycles. The average Bonchev–Trinajstić information content (AvgIpc) is 2.63. The molecule has 2 rings (SSSR count). The van der Waals surface area contributed by atoms with Crippen molar-refractivity contribution < 1.29 is 12.6 Å². The Morgan fingerprint density at radius 2 is 2.18 bits per heavy atom. The van der Waals surface area contributed by atoms with E-state index in [9.17, 15) is 8.42 Å². The molecule has 2 aromatic rings. The van der Waals surface area contributed by atoms with Gasteiger partial charge in [-0.05, 0) is 19.1 Å². The summed E-state index contributed by atoms with van der Waals surface area (Å²) in [4.78, 5) is 4.08. The Bertz CT molecular complexity index is 634. The maximum atomic E-state index is 10.8. The summed E-state index contributed by atoms with van der Waals surface area (Å²) in [7, 11) is -4.00. The minimum atomic E-state index is -4.00. The van der Waals surface area contributed by atoms with Crippen LogP contribution in [0.15, 0.2) is 36.8 Å². The first-order chi connectivity index (χ1) is 7.94. The lowest BCUT2D eigenvalue weighted by atomic mass is 10.3. The Balaban J connectivity index is 2.35. The number of nitrogens with two attached hydrogens (primary N) is 1. The summed E-state index contributed by atoms with van der Waals surface area (Å²) in [6.07, 6.45) is 3.45. The predicted octanol–water partition coefficient (Wildman–Crippen LogP) is 0.763. The lowest BCUT2D eigenvalue weighted by Crippen LogP contribution is -2.18. The monoisotopic (exact) mass is 253 g/mol. The first-order valence-corrected chi connectivity index (χ1v) is 6.24. The third kappa shape index (κ3) is 3.05. The van der Waals surface area contributed by atoms with Gasteiger partial charge in [-0.25, -0.2) is 4.98 Å². The van der Waals surface area contributed by atoms with Crippen LogP contribution < -0.4 is 9.32 Å². The van der Waals surface area contributed by atoms with Crippen molar-refractivity contribution in [2.24, 2.45) is 5.14 Å². The van der Waals surface area contributed by atoms with Gasteiger partial charge in [0, 0.05) is 12.3 Å². The zero-order chi connectivity index (χ0) is 12.5. The van der Waals surface area contributed by atoms with Crippen LogP contribution in [0.3, 0.4) is 0 Å². The molecule has 0 unspecified atom stereocenters. The molecule has 0 aliphatic carbocycles. The van der Waals surface area contributed by atoms with Crippen molar-refractivity contribution in [3.63, 3.8) is 0 Å². The number of nitrogens with zero attached hydrogens (tertiary/aromatic N) is 2. The van der Waals surface area contributed by atoms with E-state index in [1.807, 2.05) is 13.1 Å². The number of imidazole rings is 1. The molecule has 0 amide bonds. The van der Waals surface area contributed by atoms with Crippen LogP contribution in [0, 0.1) is 6.92 Å². The molecule has 6 nitrogen and oxygen atoms in total. The van der Waals surface area contributed by atoms with Crippen LogP contribution in [-0.2, 0) is 10.3 Å². The molecule has 7 heteroatoms. The molecule has 17 heavy (non-hydrogen) atoms. The first-order valence-electron chi connectivity index (χ1n) is 4.77. The predicted molar refractivity (Wildman–Crippen MR) is 62.0 cm³/mol. The van der Waals surface area contributed by atoms with Gasteiger partial charge in [0.2, 0.25) is 0 Å². The van der Waals surface area contributed by atoms with Crippen LogP contribution in [0.25, 0.3) is 5.69 Å². The smallest absolute Gasteiger partial charge is 0.371 e. The van der Waals surface area contributed by atoms with Crippen molar-refractivity contribution in [2.45, 2.75) is 6.92 Å². The van der Waals surface area contributed by atoms with Crippen molar-refractivity contribution in [1.29, 1.82) is 0 Å². The average molecular weight is 253 g/mol. The maximum absolute atomic E-state index is 10.8. The molecule has 0 bridgehead atoms. The van der Waals surface area contributed by atoms with Gasteiger partial charge in [0.1, 0.15) is 5.75 Å². The molecule has 90 valence electrons. The Labute approximate surface area is 98.9 Å². The third-order valence-electron chi connectivity index (χ3n) is 2.04. The van der Waals surface area contributed by atoms with Crippen molar-refractivity contribution in [3.8, 4) is 11.4 Å². The van der Waals surface area contributed by atoms with Gasteiger partial charge in [-0.3, -0.25) is 0 Å². The van der Waals surface area contributed by atoms with Gasteiger partial charge in [-0.1, -0.05) is 6.07 Å². The minimum absolute atomic E-state index is 0.163. The number of aryl methyl sites for hydroxylation is 1. The van der Waals surface area contributed by atoms with Gasteiger partial charge in [-0.15, -0.1) is 0 Å². The molecule has 0 aliphatic heterocycles. The van der Waals surface area contributed by atoms with Gasteiger partial charge >= 0.3 is 10.3 Å². The van der Waals surface area contributed by atoms with Crippen LogP contribution in [0.4, 0.5) is 0 Å². The Morgan fingerprint density at radius 1 is 1.41 bits per heavy atom. The SMILES string of the molecule is Cc1cn(-c2cccc(OS(N)(=O)=O)c2)cn1. The van der Waals surface area contributed by atoms with E-state index in [0.29, 0.717) is 0 Å². The molecule has 0 fully saturated rings. The fourth-order valence-electron chi connectivity index (χ4n) is 1.39. The number of hydrogen-bond donors (Lipinski definition) is 1. The molecular formula is C10H11N3O3S. The highest BCUT2D eigenvalue weighted by molar-refractivity contribution is 7.84. The summed E-state index contributed by atoms with van der Waals surface area (Å²) in [5.74, 6) is 0.163. The zero-order valence-electron chi connectivity index (χ0n) is 9.07. The van der Waals surface area contributed by atoms with Crippen LogP contribution in [-0.4, -0.2) is 18.0 Å². The highest BCUT2D eigenvalue weighted by Gasteiger charge is 2.06. The lowest BCUT2D eigenvalue weighted by Gasteiger charge is -2.05. The van der Waals surface area contributed by atoms with Gasteiger partial charge in [0.15, 0.2) is 0 Å². The standard InChI is InChI=1S/C10H11N3O3S/c1-8-6-13(7-12-8)9-3-2-4-10(5-9)16-17(11,14)15/h2-7H,1H3,(H2,11,14,15). The van der Waals surface area contributed by atoms with E-state index in [0.717, 1.165) is 11.4 Å². The van der Waals surface area contributed by atoms with Crippen molar-refractivity contribution in [3.05, 3.63) is 42.5 Å². The Hall–Kier alpha value is -1.86. The largest absolute Gasteiger partial charge is 0.380 e. The van der Waals surface area contributed by atoms with Crippen LogP contribution in [0.1, 0.15) is 5.69 Å². The molecule has 1 heterocycles. The van der Waals surface area contributed by atoms with Gasteiger partial charge in [0.05, 0.1) is 17.7 Å². The summed E-state index contributed by atoms with van der Waals surface area (Å²) in [6, 6.07) is 6.55. The highest BCUT2D eigenvalue weighted by Crippen LogP contribution is 2.17. The molecule has 0 saturated carbocycles. The second-order valence-corrected chi connectivity index (χ2v) is 4.65. The summed E-state index contributed by atoms with van der Waals surface area (Å²) in [5.41, 5.74) is 1.61. The topological polar surface area (TPSA) is 87.2 Å². The normalized spacial score (nSPS) is 11.4.